The number of para-hydroxylation sites is 1. The van der Waals surface area contributed by atoms with Crippen molar-refractivity contribution >= 4 is 11.6 Å². The van der Waals surface area contributed by atoms with Gasteiger partial charge >= 0.3 is 0 Å². The van der Waals surface area contributed by atoms with Crippen LogP contribution in [0.25, 0.3) is 0 Å². The number of rotatable bonds is 2. The average molecular weight is 230 g/mol. The maximum absolute atomic E-state index is 12.2. The molecule has 1 aliphatic carbocycles. The Morgan fingerprint density at radius 2 is 2.18 bits per heavy atom. The van der Waals surface area contributed by atoms with Gasteiger partial charge in [0.1, 0.15) is 0 Å². The Kier molecular flexibility index (Phi) is 2.26. The molecule has 1 unspecified atom stereocenters. The molecule has 0 radical (unpaired) electrons. The molecular weight excluding hydrogens is 212 g/mol. The molecule has 1 aromatic rings. The summed E-state index contributed by atoms with van der Waals surface area (Å²) < 4.78 is 0. The fourth-order valence-corrected chi connectivity index (χ4v) is 2.82. The van der Waals surface area contributed by atoms with E-state index in [1.807, 2.05) is 17.9 Å². The summed E-state index contributed by atoms with van der Waals surface area (Å²) >= 11 is 0. The fraction of sp³-hybridized carbons (Fsp3) is 0.500. The molecule has 17 heavy (non-hydrogen) atoms. The molecule has 1 aliphatic heterocycles. The molecule has 0 aromatic heterocycles. The average Bonchev–Trinajstić information content (AvgIpc) is 2.97. The standard InChI is InChI=1S/C14H18N2O/c1-10(15)8-13(17)16-9-14(6-7-14)11-4-2-3-5-12(11)16/h2-5,10H,6-9,15H2,1H3. The molecular formula is C14H18N2O. The molecule has 1 aromatic carbocycles. The molecule has 1 heterocycles. The topological polar surface area (TPSA) is 46.3 Å². The van der Waals surface area contributed by atoms with Gasteiger partial charge in [-0.25, -0.2) is 0 Å². The van der Waals surface area contributed by atoms with Crippen LogP contribution >= 0.6 is 0 Å². The molecule has 3 rings (SSSR count). The van der Waals surface area contributed by atoms with Gasteiger partial charge in [0.15, 0.2) is 0 Å². The minimum Gasteiger partial charge on any atom is -0.327 e. The van der Waals surface area contributed by atoms with Crippen LogP contribution in [-0.2, 0) is 10.2 Å². The number of nitrogens with two attached hydrogens (primary N) is 1. The summed E-state index contributed by atoms with van der Waals surface area (Å²) in [6.07, 6.45) is 2.86. The van der Waals surface area contributed by atoms with Gasteiger partial charge in [-0.2, -0.15) is 0 Å². The highest BCUT2D eigenvalue weighted by Crippen LogP contribution is 2.56. The van der Waals surface area contributed by atoms with Gasteiger partial charge in [-0.3, -0.25) is 4.79 Å². The maximum Gasteiger partial charge on any atom is 0.228 e. The lowest BCUT2D eigenvalue weighted by Crippen LogP contribution is -2.35. The largest absolute Gasteiger partial charge is 0.327 e. The number of amides is 1. The summed E-state index contributed by atoms with van der Waals surface area (Å²) in [5.41, 5.74) is 8.46. The molecule has 90 valence electrons. The number of carbonyl (C=O) groups is 1. The van der Waals surface area contributed by atoms with Gasteiger partial charge < -0.3 is 10.6 Å². The van der Waals surface area contributed by atoms with Crippen molar-refractivity contribution in [2.75, 3.05) is 11.4 Å². The molecule has 3 nitrogen and oxygen atoms in total. The smallest absolute Gasteiger partial charge is 0.228 e. The Morgan fingerprint density at radius 3 is 2.82 bits per heavy atom. The van der Waals surface area contributed by atoms with E-state index < -0.39 is 0 Å². The van der Waals surface area contributed by atoms with Crippen molar-refractivity contribution in [3.8, 4) is 0 Å². The summed E-state index contributed by atoms with van der Waals surface area (Å²) in [4.78, 5) is 14.1. The number of carbonyl (C=O) groups excluding carboxylic acids is 1. The van der Waals surface area contributed by atoms with Gasteiger partial charge in [0, 0.05) is 30.1 Å². The van der Waals surface area contributed by atoms with Crippen LogP contribution in [0.3, 0.4) is 0 Å². The van der Waals surface area contributed by atoms with E-state index in [2.05, 4.69) is 18.2 Å². The number of hydrogen-bond donors (Lipinski definition) is 1. The second-order valence-electron chi connectivity index (χ2n) is 5.46. The van der Waals surface area contributed by atoms with Crippen molar-refractivity contribution < 1.29 is 4.79 Å². The highest BCUT2D eigenvalue weighted by atomic mass is 16.2. The molecule has 3 heteroatoms. The Labute approximate surface area is 102 Å². The summed E-state index contributed by atoms with van der Waals surface area (Å²) in [6, 6.07) is 8.23. The van der Waals surface area contributed by atoms with Gasteiger partial charge in [0.2, 0.25) is 5.91 Å². The quantitative estimate of drug-likeness (QED) is 0.842. The zero-order valence-electron chi connectivity index (χ0n) is 10.1. The zero-order chi connectivity index (χ0) is 12.0. The molecule has 1 spiro atoms. The maximum atomic E-state index is 12.2. The Bertz CT molecular complexity index is 463. The molecule has 2 N–H and O–H groups in total. The Morgan fingerprint density at radius 1 is 1.47 bits per heavy atom. The van der Waals surface area contributed by atoms with Crippen LogP contribution in [0.4, 0.5) is 5.69 Å². The molecule has 1 amide bonds. The Balaban J connectivity index is 1.92. The molecule has 0 saturated heterocycles. The van der Waals surface area contributed by atoms with Crippen molar-refractivity contribution in [2.45, 2.75) is 37.6 Å². The van der Waals surface area contributed by atoms with Gasteiger partial charge in [-0.15, -0.1) is 0 Å². The first-order valence-corrected chi connectivity index (χ1v) is 6.28. The van der Waals surface area contributed by atoms with E-state index >= 15 is 0 Å². The molecule has 2 aliphatic rings. The lowest BCUT2D eigenvalue weighted by Gasteiger charge is -2.18. The second kappa shape index (κ2) is 3.57. The van der Waals surface area contributed by atoms with E-state index in [0.717, 1.165) is 12.2 Å². The van der Waals surface area contributed by atoms with E-state index in [0.29, 0.717) is 6.42 Å². The molecule has 1 atom stereocenters. The van der Waals surface area contributed by atoms with E-state index in [1.54, 1.807) is 0 Å². The predicted molar refractivity (Wildman–Crippen MR) is 68.0 cm³/mol. The third kappa shape index (κ3) is 1.65. The second-order valence-corrected chi connectivity index (χ2v) is 5.46. The minimum atomic E-state index is -0.0644. The van der Waals surface area contributed by atoms with Crippen LogP contribution in [0.1, 0.15) is 31.7 Å². The normalized spacial score (nSPS) is 21.4. The number of nitrogens with zero attached hydrogens (tertiary/aromatic N) is 1. The van der Waals surface area contributed by atoms with E-state index in [1.165, 1.54) is 18.4 Å². The number of anilines is 1. The van der Waals surface area contributed by atoms with E-state index in [9.17, 15) is 4.79 Å². The van der Waals surface area contributed by atoms with Crippen LogP contribution in [0.15, 0.2) is 24.3 Å². The number of fused-ring (bicyclic) bond motifs is 2. The van der Waals surface area contributed by atoms with Crippen molar-refractivity contribution in [1.82, 2.24) is 0 Å². The van der Waals surface area contributed by atoms with Crippen LogP contribution in [0, 0.1) is 0 Å². The van der Waals surface area contributed by atoms with Crippen LogP contribution in [0.2, 0.25) is 0 Å². The summed E-state index contributed by atoms with van der Waals surface area (Å²) in [7, 11) is 0. The van der Waals surface area contributed by atoms with Gasteiger partial charge in [-0.1, -0.05) is 18.2 Å². The van der Waals surface area contributed by atoms with Gasteiger partial charge in [0.05, 0.1) is 0 Å². The third-order valence-electron chi connectivity index (χ3n) is 3.88. The molecule has 1 saturated carbocycles. The lowest BCUT2D eigenvalue weighted by atomic mass is 9.99. The van der Waals surface area contributed by atoms with Gasteiger partial charge in [-0.05, 0) is 31.4 Å². The number of benzene rings is 1. The highest BCUT2D eigenvalue weighted by Gasteiger charge is 2.52. The lowest BCUT2D eigenvalue weighted by molar-refractivity contribution is -0.118. The van der Waals surface area contributed by atoms with Crippen LogP contribution in [-0.4, -0.2) is 18.5 Å². The molecule has 0 bridgehead atoms. The zero-order valence-corrected chi connectivity index (χ0v) is 10.1. The SMILES string of the molecule is CC(N)CC(=O)N1CC2(CC2)c2ccccc21. The van der Waals surface area contributed by atoms with E-state index in [4.69, 9.17) is 5.73 Å². The first-order chi connectivity index (χ1) is 8.12. The van der Waals surface area contributed by atoms with Gasteiger partial charge in [0.25, 0.3) is 0 Å². The first kappa shape index (κ1) is 10.8. The van der Waals surface area contributed by atoms with Crippen molar-refractivity contribution in [2.24, 2.45) is 5.73 Å². The van der Waals surface area contributed by atoms with Crippen molar-refractivity contribution in [3.05, 3.63) is 29.8 Å². The first-order valence-electron chi connectivity index (χ1n) is 6.28. The molecule has 1 fully saturated rings. The predicted octanol–water partition coefficient (Wildman–Crippen LogP) is 1.80. The monoisotopic (exact) mass is 230 g/mol. The summed E-state index contributed by atoms with van der Waals surface area (Å²) in [5, 5.41) is 0. The van der Waals surface area contributed by atoms with Crippen molar-refractivity contribution in [3.63, 3.8) is 0 Å². The Hall–Kier alpha value is -1.35. The fourth-order valence-electron chi connectivity index (χ4n) is 2.82. The van der Waals surface area contributed by atoms with Crippen LogP contribution in [0.5, 0.6) is 0 Å². The van der Waals surface area contributed by atoms with Crippen LogP contribution < -0.4 is 10.6 Å². The summed E-state index contributed by atoms with van der Waals surface area (Å²) in [5.74, 6) is 0.163. The highest BCUT2D eigenvalue weighted by molar-refractivity contribution is 5.97. The van der Waals surface area contributed by atoms with E-state index in [-0.39, 0.29) is 17.4 Å². The minimum absolute atomic E-state index is 0.0644. The third-order valence-corrected chi connectivity index (χ3v) is 3.88. The summed E-state index contributed by atoms with van der Waals surface area (Å²) in [6.45, 7) is 2.74. The van der Waals surface area contributed by atoms with Crippen molar-refractivity contribution in [1.29, 1.82) is 0 Å². The number of hydrogen-bond acceptors (Lipinski definition) is 2.